The van der Waals surface area contributed by atoms with Crippen LogP contribution in [0.2, 0.25) is 0 Å². The molecule has 0 fully saturated rings. The number of benzene rings is 1. The second kappa shape index (κ2) is 5.87. The predicted octanol–water partition coefficient (Wildman–Crippen LogP) is 2.84. The van der Waals surface area contributed by atoms with Crippen molar-refractivity contribution < 1.29 is 9.53 Å². The zero-order chi connectivity index (χ0) is 13.8. The Hall–Kier alpha value is -1.55. The molecule has 3 N–H and O–H groups in total. The van der Waals surface area contributed by atoms with Crippen LogP contribution in [-0.2, 0) is 11.2 Å². The van der Waals surface area contributed by atoms with Gasteiger partial charge in [0.2, 0.25) is 0 Å². The molecule has 0 spiro atoms. The fraction of sp³-hybridized carbons (Fsp3) is 0.500. The van der Waals surface area contributed by atoms with Gasteiger partial charge in [-0.15, -0.1) is 0 Å². The van der Waals surface area contributed by atoms with Gasteiger partial charge < -0.3 is 10.5 Å². The normalized spacial score (nSPS) is 11.2. The van der Waals surface area contributed by atoms with Gasteiger partial charge in [-0.3, -0.25) is 5.32 Å². The number of carbonyl (C=O) groups is 1. The average Bonchev–Trinajstić information content (AvgIpc) is 2.20. The summed E-state index contributed by atoms with van der Waals surface area (Å²) in [4.78, 5) is 11.7. The second-order valence-electron chi connectivity index (χ2n) is 5.31. The summed E-state index contributed by atoms with van der Waals surface area (Å²) < 4.78 is 5.22. The molecule has 1 aromatic carbocycles. The Morgan fingerprint density at radius 1 is 1.39 bits per heavy atom. The fourth-order valence-electron chi connectivity index (χ4n) is 1.54. The number of rotatable bonds is 3. The molecule has 4 nitrogen and oxygen atoms in total. The largest absolute Gasteiger partial charge is 0.444 e. The number of nitrogens with two attached hydrogens (primary N) is 1. The zero-order valence-corrected chi connectivity index (χ0v) is 11.5. The molecule has 100 valence electrons. The molecule has 0 radical (unpaired) electrons. The van der Waals surface area contributed by atoms with Crippen LogP contribution in [0, 0.1) is 6.92 Å². The number of aryl methyl sites for hydroxylation is 1. The molecule has 18 heavy (non-hydrogen) atoms. The Morgan fingerprint density at radius 2 is 2.06 bits per heavy atom. The summed E-state index contributed by atoms with van der Waals surface area (Å²) in [6, 6.07) is 5.92. The van der Waals surface area contributed by atoms with E-state index in [1.54, 1.807) is 0 Å². The van der Waals surface area contributed by atoms with Gasteiger partial charge in [-0.25, -0.2) is 4.79 Å². The number of hydrogen-bond donors (Lipinski definition) is 2. The highest BCUT2D eigenvalue weighted by molar-refractivity contribution is 5.86. The molecule has 0 unspecified atom stereocenters. The number of carbonyl (C=O) groups excluding carboxylic acids is 1. The summed E-state index contributed by atoms with van der Waals surface area (Å²) in [5.74, 6) is 0. The Balaban J connectivity index is 2.77. The summed E-state index contributed by atoms with van der Waals surface area (Å²) in [5.41, 5.74) is 7.91. The van der Waals surface area contributed by atoms with E-state index in [0.29, 0.717) is 6.54 Å². The van der Waals surface area contributed by atoms with Gasteiger partial charge in [0.25, 0.3) is 0 Å². The van der Waals surface area contributed by atoms with Crippen LogP contribution >= 0.6 is 0 Å². The number of hydrogen-bond acceptors (Lipinski definition) is 3. The molecule has 0 atom stereocenters. The van der Waals surface area contributed by atoms with Crippen LogP contribution in [-0.4, -0.2) is 18.2 Å². The van der Waals surface area contributed by atoms with Gasteiger partial charge in [0.1, 0.15) is 5.60 Å². The van der Waals surface area contributed by atoms with Gasteiger partial charge in [-0.05, 0) is 57.9 Å². The van der Waals surface area contributed by atoms with E-state index in [2.05, 4.69) is 5.32 Å². The lowest BCUT2D eigenvalue weighted by molar-refractivity contribution is 0.0636. The molecule has 1 rings (SSSR count). The lowest BCUT2D eigenvalue weighted by Crippen LogP contribution is -2.27. The molecular formula is C14H22N2O2. The van der Waals surface area contributed by atoms with E-state index >= 15 is 0 Å². The molecule has 4 heteroatoms. The van der Waals surface area contributed by atoms with Crippen molar-refractivity contribution in [2.24, 2.45) is 5.73 Å². The van der Waals surface area contributed by atoms with Crippen molar-refractivity contribution in [3.63, 3.8) is 0 Å². The van der Waals surface area contributed by atoms with Crippen molar-refractivity contribution in [2.45, 2.75) is 39.7 Å². The van der Waals surface area contributed by atoms with E-state index < -0.39 is 11.7 Å². The first-order chi connectivity index (χ1) is 8.31. The molecule has 0 aliphatic carbocycles. The molecule has 0 bridgehead atoms. The second-order valence-corrected chi connectivity index (χ2v) is 5.31. The highest BCUT2D eigenvalue weighted by Crippen LogP contribution is 2.18. The summed E-state index contributed by atoms with van der Waals surface area (Å²) >= 11 is 0. The summed E-state index contributed by atoms with van der Waals surface area (Å²) in [6.07, 6.45) is 0.360. The van der Waals surface area contributed by atoms with Gasteiger partial charge in [0.05, 0.1) is 0 Å². The number of anilines is 1. The number of amides is 1. The molecule has 0 aliphatic heterocycles. The van der Waals surface area contributed by atoms with Crippen molar-refractivity contribution >= 4 is 11.8 Å². The first-order valence-corrected chi connectivity index (χ1v) is 6.11. The Morgan fingerprint density at radius 3 is 2.61 bits per heavy atom. The van der Waals surface area contributed by atoms with Crippen LogP contribution in [0.3, 0.4) is 0 Å². The van der Waals surface area contributed by atoms with Crippen molar-refractivity contribution in [1.29, 1.82) is 0 Å². The SMILES string of the molecule is Cc1ccc(CCN)cc1NC(=O)OC(C)(C)C. The van der Waals surface area contributed by atoms with E-state index in [1.807, 2.05) is 45.9 Å². The number of nitrogens with one attached hydrogen (secondary N) is 1. The van der Waals surface area contributed by atoms with Crippen molar-refractivity contribution in [3.05, 3.63) is 29.3 Å². The van der Waals surface area contributed by atoms with Crippen LogP contribution in [0.25, 0.3) is 0 Å². The Bertz CT molecular complexity index is 422. The summed E-state index contributed by atoms with van der Waals surface area (Å²) in [6.45, 7) is 8.05. The highest BCUT2D eigenvalue weighted by atomic mass is 16.6. The number of ether oxygens (including phenoxy) is 1. The molecule has 0 aliphatic rings. The topological polar surface area (TPSA) is 64.3 Å². The first kappa shape index (κ1) is 14.5. The van der Waals surface area contributed by atoms with Crippen LogP contribution in [0.1, 0.15) is 31.9 Å². The summed E-state index contributed by atoms with van der Waals surface area (Å²) in [5, 5.41) is 2.76. The minimum Gasteiger partial charge on any atom is -0.444 e. The maximum absolute atomic E-state index is 11.7. The maximum atomic E-state index is 11.7. The van der Waals surface area contributed by atoms with E-state index in [4.69, 9.17) is 10.5 Å². The Labute approximate surface area is 109 Å². The van der Waals surface area contributed by atoms with Crippen LogP contribution < -0.4 is 11.1 Å². The van der Waals surface area contributed by atoms with Crippen molar-refractivity contribution in [1.82, 2.24) is 0 Å². The third-order valence-electron chi connectivity index (χ3n) is 2.37. The minimum absolute atomic E-state index is 0.435. The Kier molecular flexibility index (Phi) is 4.73. The van der Waals surface area contributed by atoms with Crippen molar-refractivity contribution in [2.75, 3.05) is 11.9 Å². The third-order valence-corrected chi connectivity index (χ3v) is 2.37. The van der Waals surface area contributed by atoms with Gasteiger partial charge >= 0.3 is 6.09 Å². The molecular weight excluding hydrogens is 228 g/mol. The highest BCUT2D eigenvalue weighted by Gasteiger charge is 2.16. The zero-order valence-electron chi connectivity index (χ0n) is 11.5. The molecule has 0 saturated carbocycles. The van der Waals surface area contributed by atoms with Crippen molar-refractivity contribution in [3.8, 4) is 0 Å². The van der Waals surface area contributed by atoms with Gasteiger partial charge in [0.15, 0.2) is 0 Å². The monoisotopic (exact) mass is 250 g/mol. The quantitative estimate of drug-likeness (QED) is 0.867. The minimum atomic E-state index is -0.493. The lowest BCUT2D eigenvalue weighted by Gasteiger charge is -2.20. The average molecular weight is 250 g/mol. The first-order valence-electron chi connectivity index (χ1n) is 6.11. The van der Waals surface area contributed by atoms with Crippen LogP contribution in [0.5, 0.6) is 0 Å². The standard InChI is InChI=1S/C14H22N2O2/c1-10-5-6-11(7-8-15)9-12(10)16-13(17)18-14(2,3)4/h5-6,9H,7-8,15H2,1-4H3,(H,16,17). The fourth-order valence-corrected chi connectivity index (χ4v) is 1.54. The third kappa shape index (κ3) is 4.75. The summed E-state index contributed by atoms with van der Waals surface area (Å²) in [7, 11) is 0. The molecule has 1 amide bonds. The predicted molar refractivity (Wildman–Crippen MR) is 73.8 cm³/mol. The van der Waals surface area contributed by atoms with Crippen LogP contribution in [0.15, 0.2) is 18.2 Å². The van der Waals surface area contributed by atoms with Gasteiger partial charge in [-0.1, -0.05) is 12.1 Å². The molecule has 0 heterocycles. The molecule has 1 aromatic rings. The van der Waals surface area contributed by atoms with Gasteiger partial charge in [0, 0.05) is 5.69 Å². The smallest absolute Gasteiger partial charge is 0.412 e. The lowest BCUT2D eigenvalue weighted by atomic mass is 10.1. The van der Waals surface area contributed by atoms with E-state index in [0.717, 1.165) is 23.2 Å². The molecule has 0 aromatic heterocycles. The van der Waals surface area contributed by atoms with E-state index in [9.17, 15) is 4.79 Å². The van der Waals surface area contributed by atoms with Gasteiger partial charge in [-0.2, -0.15) is 0 Å². The van der Waals surface area contributed by atoms with Crippen LogP contribution in [0.4, 0.5) is 10.5 Å². The maximum Gasteiger partial charge on any atom is 0.412 e. The molecule has 0 saturated heterocycles. The van der Waals surface area contributed by atoms with E-state index in [1.165, 1.54) is 0 Å². The van der Waals surface area contributed by atoms with E-state index in [-0.39, 0.29) is 0 Å².